The molecule has 2 atom stereocenters. The summed E-state index contributed by atoms with van der Waals surface area (Å²) in [5, 5.41) is 7.72. The summed E-state index contributed by atoms with van der Waals surface area (Å²) in [6.07, 6.45) is 1.11. The Hall–Kier alpha value is -3.45. The number of aryl methyl sites for hydroxylation is 1. The van der Waals surface area contributed by atoms with E-state index in [2.05, 4.69) is 10.6 Å². The van der Waals surface area contributed by atoms with Crippen molar-refractivity contribution in [2.24, 2.45) is 0 Å². The van der Waals surface area contributed by atoms with Crippen LogP contribution in [0.25, 0.3) is 0 Å². The molecule has 164 valence electrons. The summed E-state index contributed by atoms with van der Waals surface area (Å²) in [5.74, 6) is -0.760. The largest absolute Gasteiger partial charge is 0.343 e. The summed E-state index contributed by atoms with van der Waals surface area (Å²) >= 11 is 1.54. The van der Waals surface area contributed by atoms with Gasteiger partial charge in [-0.1, -0.05) is 66.7 Å². The van der Waals surface area contributed by atoms with Crippen molar-refractivity contribution in [3.8, 4) is 0 Å². The summed E-state index contributed by atoms with van der Waals surface area (Å²) in [7, 11) is 0. The van der Waals surface area contributed by atoms with Gasteiger partial charge in [0.05, 0.1) is 6.04 Å². The number of urea groups is 1. The Bertz CT molecular complexity index is 1090. The highest BCUT2D eigenvalue weighted by atomic mass is 32.1. The number of benzene rings is 2. The molecular formula is C25H25N3O3S. The van der Waals surface area contributed by atoms with Crippen LogP contribution in [0, 0.1) is 0 Å². The lowest BCUT2D eigenvalue weighted by Crippen LogP contribution is -2.45. The predicted octanol–water partition coefficient (Wildman–Crippen LogP) is 3.90. The van der Waals surface area contributed by atoms with E-state index in [1.165, 1.54) is 0 Å². The zero-order chi connectivity index (χ0) is 22.6. The van der Waals surface area contributed by atoms with Gasteiger partial charge < -0.3 is 10.6 Å². The van der Waals surface area contributed by atoms with Gasteiger partial charge in [-0.3, -0.25) is 14.5 Å². The average Bonchev–Trinajstić information content (AvgIpc) is 3.41. The zero-order valence-electron chi connectivity index (χ0n) is 17.8. The predicted molar refractivity (Wildman–Crippen MR) is 124 cm³/mol. The van der Waals surface area contributed by atoms with Crippen molar-refractivity contribution in [3.05, 3.63) is 94.2 Å². The van der Waals surface area contributed by atoms with E-state index >= 15 is 0 Å². The van der Waals surface area contributed by atoms with E-state index in [1.54, 1.807) is 18.3 Å². The Kier molecular flexibility index (Phi) is 6.37. The van der Waals surface area contributed by atoms with Crippen molar-refractivity contribution in [2.75, 3.05) is 6.54 Å². The highest BCUT2D eigenvalue weighted by Crippen LogP contribution is 2.27. The van der Waals surface area contributed by atoms with E-state index in [4.69, 9.17) is 0 Å². The monoisotopic (exact) mass is 447 g/mol. The Morgan fingerprint density at radius 1 is 1.03 bits per heavy atom. The fourth-order valence-corrected chi connectivity index (χ4v) is 4.67. The molecule has 3 aromatic rings. The van der Waals surface area contributed by atoms with Crippen LogP contribution in [0.5, 0.6) is 0 Å². The highest BCUT2D eigenvalue weighted by Gasteiger charge is 2.47. The van der Waals surface area contributed by atoms with Crippen molar-refractivity contribution >= 4 is 29.2 Å². The molecule has 0 saturated carbocycles. The molecule has 0 spiro atoms. The maximum absolute atomic E-state index is 13.0. The van der Waals surface area contributed by atoms with Gasteiger partial charge in [0.1, 0.15) is 12.1 Å². The molecule has 0 radical (unpaired) electrons. The molecule has 1 saturated heterocycles. The number of nitrogens with one attached hydrogen (secondary N) is 2. The second kappa shape index (κ2) is 9.36. The smallest absolute Gasteiger partial charge is 0.325 e. The van der Waals surface area contributed by atoms with E-state index < -0.39 is 11.6 Å². The van der Waals surface area contributed by atoms with Crippen LogP contribution in [0.4, 0.5) is 4.79 Å². The number of rotatable bonds is 8. The highest BCUT2D eigenvalue weighted by molar-refractivity contribution is 7.10. The van der Waals surface area contributed by atoms with Crippen LogP contribution in [0.2, 0.25) is 0 Å². The van der Waals surface area contributed by atoms with Gasteiger partial charge in [0, 0.05) is 4.88 Å². The van der Waals surface area contributed by atoms with Gasteiger partial charge >= 0.3 is 6.03 Å². The lowest BCUT2D eigenvalue weighted by molar-refractivity contribution is -0.134. The second-order valence-corrected chi connectivity index (χ2v) is 9.05. The number of imide groups is 1. The molecule has 1 aliphatic heterocycles. The van der Waals surface area contributed by atoms with Crippen LogP contribution in [0.1, 0.15) is 35.4 Å². The molecule has 4 rings (SSSR count). The van der Waals surface area contributed by atoms with Crippen LogP contribution < -0.4 is 10.6 Å². The summed E-state index contributed by atoms with van der Waals surface area (Å²) in [6.45, 7) is 1.40. The van der Waals surface area contributed by atoms with E-state index in [1.807, 2.05) is 78.2 Å². The maximum Gasteiger partial charge on any atom is 0.325 e. The molecule has 0 aliphatic carbocycles. The van der Waals surface area contributed by atoms with Crippen LogP contribution in [0.15, 0.2) is 78.2 Å². The van der Waals surface area contributed by atoms with E-state index in [-0.39, 0.29) is 24.4 Å². The summed E-state index contributed by atoms with van der Waals surface area (Å²) < 4.78 is 0. The Labute approximate surface area is 191 Å². The Morgan fingerprint density at radius 2 is 1.72 bits per heavy atom. The van der Waals surface area contributed by atoms with Gasteiger partial charge in [0.15, 0.2) is 0 Å². The van der Waals surface area contributed by atoms with E-state index in [9.17, 15) is 14.4 Å². The molecule has 0 bridgehead atoms. The minimum atomic E-state index is -1.03. The van der Waals surface area contributed by atoms with Crippen molar-refractivity contribution in [3.63, 3.8) is 0 Å². The molecule has 1 aliphatic rings. The van der Waals surface area contributed by atoms with E-state index in [0.717, 1.165) is 20.9 Å². The van der Waals surface area contributed by atoms with Gasteiger partial charge in [0.25, 0.3) is 5.91 Å². The van der Waals surface area contributed by atoms with Gasteiger partial charge in [-0.15, -0.1) is 11.3 Å². The molecule has 2 heterocycles. The van der Waals surface area contributed by atoms with Gasteiger partial charge in [-0.25, -0.2) is 4.79 Å². The molecule has 7 heteroatoms. The second-order valence-electron chi connectivity index (χ2n) is 8.07. The number of hydrogen-bond acceptors (Lipinski definition) is 4. The van der Waals surface area contributed by atoms with E-state index in [0.29, 0.717) is 12.8 Å². The standard InChI is InChI=1S/C25H25N3O3S/c1-25(15-14-18-9-4-2-5-10-18)23(30)28(24(31)27-25)17-21(29)26-22(20-13-8-16-32-20)19-11-6-3-7-12-19/h2-13,16,22H,14-15,17H2,1H3,(H,26,29)(H,27,31)/t22-,25-/m1/s1. The van der Waals surface area contributed by atoms with Gasteiger partial charge in [-0.05, 0) is 42.3 Å². The molecule has 0 unspecified atom stereocenters. The number of hydrogen-bond donors (Lipinski definition) is 2. The van der Waals surface area contributed by atoms with Crippen LogP contribution in [0.3, 0.4) is 0 Å². The molecule has 2 N–H and O–H groups in total. The molecule has 4 amide bonds. The lowest BCUT2D eigenvalue weighted by atomic mass is 9.93. The summed E-state index contributed by atoms with van der Waals surface area (Å²) in [4.78, 5) is 40.5. The van der Waals surface area contributed by atoms with Crippen LogP contribution >= 0.6 is 11.3 Å². The van der Waals surface area contributed by atoms with Crippen molar-refractivity contribution in [2.45, 2.75) is 31.3 Å². The van der Waals surface area contributed by atoms with Crippen molar-refractivity contribution in [1.29, 1.82) is 0 Å². The Balaban J connectivity index is 1.43. The SMILES string of the molecule is C[C@]1(CCc2ccccc2)NC(=O)N(CC(=O)N[C@H](c2ccccc2)c2cccs2)C1=O. The first-order valence-electron chi connectivity index (χ1n) is 10.5. The topological polar surface area (TPSA) is 78.5 Å². The number of thiophene rings is 1. The fourth-order valence-electron chi connectivity index (χ4n) is 3.87. The first-order valence-corrected chi connectivity index (χ1v) is 11.4. The summed E-state index contributed by atoms with van der Waals surface area (Å²) in [5.41, 5.74) is 1.00. The number of amides is 4. The third-order valence-corrected chi connectivity index (χ3v) is 6.61. The van der Waals surface area contributed by atoms with Gasteiger partial charge in [0.2, 0.25) is 5.91 Å². The number of carbonyl (C=O) groups is 3. The maximum atomic E-state index is 13.0. The zero-order valence-corrected chi connectivity index (χ0v) is 18.6. The number of nitrogens with zero attached hydrogens (tertiary/aromatic N) is 1. The Morgan fingerprint density at radius 3 is 2.38 bits per heavy atom. The molecule has 32 heavy (non-hydrogen) atoms. The average molecular weight is 448 g/mol. The minimum absolute atomic E-state index is 0.319. The van der Waals surface area contributed by atoms with Crippen LogP contribution in [-0.4, -0.2) is 34.8 Å². The van der Waals surface area contributed by atoms with Crippen molar-refractivity contribution < 1.29 is 14.4 Å². The third-order valence-electron chi connectivity index (χ3n) is 5.67. The molecule has 6 nitrogen and oxygen atoms in total. The van der Waals surface area contributed by atoms with Gasteiger partial charge in [-0.2, -0.15) is 0 Å². The summed E-state index contributed by atoms with van der Waals surface area (Å²) in [6, 6.07) is 22.5. The van der Waals surface area contributed by atoms with Crippen molar-refractivity contribution in [1.82, 2.24) is 15.5 Å². The lowest BCUT2D eigenvalue weighted by Gasteiger charge is -2.22. The minimum Gasteiger partial charge on any atom is -0.343 e. The first-order chi connectivity index (χ1) is 15.5. The number of carbonyl (C=O) groups excluding carboxylic acids is 3. The van der Waals surface area contributed by atoms with Crippen LogP contribution in [-0.2, 0) is 16.0 Å². The molecule has 1 fully saturated rings. The normalized spacial score (nSPS) is 19.0. The quantitative estimate of drug-likeness (QED) is 0.514. The molecule has 1 aromatic heterocycles. The third kappa shape index (κ3) is 4.73. The molecule has 2 aromatic carbocycles. The first kappa shape index (κ1) is 21.8. The fraction of sp³-hybridized carbons (Fsp3) is 0.240. The molecular weight excluding hydrogens is 422 g/mol.